The molecule has 90 valence electrons. The first-order chi connectivity index (χ1) is 8.69. The molecule has 2 aromatic rings. The van der Waals surface area contributed by atoms with E-state index >= 15 is 0 Å². The molecule has 0 aromatic heterocycles. The number of hydrogen-bond donors (Lipinski definition) is 0. The van der Waals surface area contributed by atoms with Crippen molar-refractivity contribution in [1.82, 2.24) is 0 Å². The van der Waals surface area contributed by atoms with Crippen LogP contribution in [0.1, 0.15) is 11.1 Å². The fourth-order valence-electron chi connectivity index (χ4n) is 1.66. The smallest absolute Gasteiger partial charge is 0.131 e. The molecule has 0 fully saturated rings. The van der Waals surface area contributed by atoms with Crippen LogP contribution in [-0.4, -0.2) is 0 Å². The van der Waals surface area contributed by atoms with Crippen LogP contribution < -0.4 is 4.74 Å². The minimum Gasteiger partial charge on any atom is -0.457 e. The molecule has 2 rings (SSSR count). The maximum Gasteiger partial charge on any atom is 0.131 e. The van der Waals surface area contributed by atoms with E-state index in [1.807, 2.05) is 25.1 Å². The lowest BCUT2D eigenvalue weighted by Gasteiger charge is -2.10. The van der Waals surface area contributed by atoms with Crippen molar-refractivity contribution >= 4 is 0 Å². The van der Waals surface area contributed by atoms with Crippen molar-refractivity contribution in [3.8, 4) is 17.6 Å². The van der Waals surface area contributed by atoms with Gasteiger partial charge in [-0.1, -0.05) is 17.7 Å². The third kappa shape index (κ3) is 2.86. The van der Waals surface area contributed by atoms with Crippen molar-refractivity contribution in [3.05, 3.63) is 59.4 Å². The Morgan fingerprint density at radius 1 is 1.17 bits per heavy atom. The fraction of sp³-hybridized carbons (Fsp3) is 0.133. The largest absolute Gasteiger partial charge is 0.457 e. The first-order valence-electron chi connectivity index (χ1n) is 5.59. The Morgan fingerprint density at radius 2 is 1.89 bits per heavy atom. The van der Waals surface area contributed by atoms with Crippen molar-refractivity contribution in [2.24, 2.45) is 0 Å². The van der Waals surface area contributed by atoms with Gasteiger partial charge in [-0.05, 0) is 37.3 Å². The van der Waals surface area contributed by atoms with E-state index in [0.29, 0.717) is 11.5 Å². The van der Waals surface area contributed by atoms with Crippen LogP contribution in [0.25, 0.3) is 0 Å². The predicted octanol–water partition coefficient (Wildman–Crippen LogP) is 3.99. The number of nitrogens with zero attached hydrogens (tertiary/aromatic N) is 1. The zero-order chi connectivity index (χ0) is 13.0. The van der Waals surface area contributed by atoms with Gasteiger partial charge >= 0.3 is 0 Å². The molecular weight excluding hydrogens is 229 g/mol. The van der Waals surface area contributed by atoms with Gasteiger partial charge in [-0.25, -0.2) is 4.39 Å². The molecule has 0 saturated carbocycles. The highest BCUT2D eigenvalue weighted by Gasteiger charge is 2.05. The van der Waals surface area contributed by atoms with Gasteiger partial charge in [0.25, 0.3) is 0 Å². The molecule has 0 radical (unpaired) electrons. The summed E-state index contributed by atoms with van der Waals surface area (Å²) in [5, 5.41) is 8.78. The molecule has 0 saturated heterocycles. The number of aryl methyl sites for hydroxylation is 1. The average Bonchev–Trinajstić information content (AvgIpc) is 2.36. The monoisotopic (exact) mass is 241 g/mol. The number of hydrogen-bond acceptors (Lipinski definition) is 2. The summed E-state index contributed by atoms with van der Waals surface area (Å²) < 4.78 is 18.4. The quantitative estimate of drug-likeness (QED) is 0.813. The molecule has 2 aromatic carbocycles. The summed E-state index contributed by atoms with van der Waals surface area (Å²) in [5.74, 6) is 0.886. The number of nitriles is 1. The number of benzene rings is 2. The van der Waals surface area contributed by atoms with Crippen molar-refractivity contribution in [2.45, 2.75) is 13.3 Å². The molecule has 0 aliphatic heterocycles. The topological polar surface area (TPSA) is 33.0 Å². The van der Waals surface area contributed by atoms with E-state index in [2.05, 4.69) is 6.07 Å². The molecule has 0 aliphatic rings. The second kappa shape index (κ2) is 5.33. The molecule has 0 unspecified atom stereocenters. The van der Waals surface area contributed by atoms with E-state index in [-0.39, 0.29) is 12.2 Å². The lowest BCUT2D eigenvalue weighted by atomic mass is 10.1. The fourth-order valence-corrected chi connectivity index (χ4v) is 1.66. The summed E-state index contributed by atoms with van der Waals surface area (Å²) in [7, 11) is 0. The normalized spacial score (nSPS) is 9.83. The third-order valence-electron chi connectivity index (χ3n) is 2.53. The van der Waals surface area contributed by atoms with Crippen molar-refractivity contribution in [2.75, 3.05) is 0 Å². The second-order valence-corrected chi connectivity index (χ2v) is 4.00. The summed E-state index contributed by atoms with van der Waals surface area (Å²) in [5.41, 5.74) is 1.91. The molecule has 18 heavy (non-hydrogen) atoms. The van der Waals surface area contributed by atoms with E-state index in [4.69, 9.17) is 10.00 Å². The Balaban J connectivity index is 2.28. The standard InChI is InChI=1S/C15H12FNO/c1-11-2-7-15(12(10-11)8-9-17)18-14-5-3-13(16)4-6-14/h2-7,10H,8H2,1H3. The van der Waals surface area contributed by atoms with Crippen molar-refractivity contribution in [3.63, 3.8) is 0 Å². The Morgan fingerprint density at radius 3 is 2.56 bits per heavy atom. The van der Waals surface area contributed by atoms with Crippen LogP contribution in [0.15, 0.2) is 42.5 Å². The van der Waals surface area contributed by atoms with E-state index in [1.165, 1.54) is 12.1 Å². The zero-order valence-corrected chi connectivity index (χ0v) is 9.98. The highest BCUT2D eigenvalue weighted by molar-refractivity contribution is 5.41. The Hall–Kier alpha value is -2.34. The summed E-state index contributed by atoms with van der Waals surface area (Å²) in [4.78, 5) is 0. The first-order valence-corrected chi connectivity index (χ1v) is 5.59. The van der Waals surface area contributed by atoms with Crippen LogP contribution in [0, 0.1) is 24.1 Å². The highest BCUT2D eigenvalue weighted by Crippen LogP contribution is 2.26. The summed E-state index contributed by atoms with van der Waals surface area (Å²) in [6.45, 7) is 1.96. The minimum absolute atomic E-state index is 0.290. The molecule has 0 bridgehead atoms. The average molecular weight is 241 g/mol. The Kier molecular flexibility index (Phi) is 3.59. The lowest BCUT2D eigenvalue weighted by molar-refractivity contribution is 0.475. The molecule has 0 heterocycles. The van der Waals surface area contributed by atoms with Gasteiger partial charge in [0.15, 0.2) is 0 Å². The molecule has 0 amide bonds. The van der Waals surface area contributed by atoms with Crippen LogP contribution in [-0.2, 0) is 6.42 Å². The van der Waals surface area contributed by atoms with Gasteiger partial charge in [-0.15, -0.1) is 0 Å². The van der Waals surface area contributed by atoms with E-state index in [1.54, 1.807) is 12.1 Å². The highest BCUT2D eigenvalue weighted by atomic mass is 19.1. The number of rotatable bonds is 3. The maximum absolute atomic E-state index is 12.8. The van der Waals surface area contributed by atoms with Gasteiger partial charge in [0.05, 0.1) is 12.5 Å². The van der Waals surface area contributed by atoms with Crippen LogP contribution in [0.5, 0.6) is 11.5 Å². The van der Waals surface area contributed by atoms with Gasteiger partial charge in [-0.3, -0.25) is 0 Å². The molecular formula is C15H12FNO. The van der Waals surface area contributed by atoms with E-state index < -0.39 is 0 Å². The van der Waals surface area contributed by atoms with Gasteiger partial charge < -0.3 is 4.74 Å². The van der Waals surface area contributed by atoms with Gasteiger partial charge in [-0.2, -0.15) is 5.26 Å². The van der Waals surface area contributed by atoms with Gasteiger partial charge in [0.1, 0.15) is 17.3 Å². The SMILES string of the molecule is Cc1ccc(Oc2ccc(F)cc2)c(CC#N)c1. The second-order valence-electron chi connectivity index (χ2n) is 4.00. The van der Waals surface area contributed by atoms with Crippen LogP contribution in [0.3, 0.4) is 0 Å². The van der Waals surface area contributed by atoms with E-state index in [0.717, 1.165) is 11.1 Å². The summed E-state index contributed by atoms with van der Waals surface area (Å²) in [6.07, 6.45) is 0.290. The Labute approximate surface area is 105 Å². The molecule has 2 nitrogen and oxygen atoms in total. The molecule has 0 atom stereocenters. The number of halogens is 1. The van der Waals surface area contributed by atoms with Crippen molar-refractivity contribution < 1.29 is 9.13 Å². The first kappa shape index (κ1) is 12.1. The summed E-state index contributed by atoms with van der Waals surface area (Å²) in [6, 6.07) is 13.6. The predicted molar refractivity (Wildman–Crippen MR) is 67.0 cm³/mol. The van der Waals surface area contributed by atoms with Crippen LogP contribution in [0.4, 0.5) is 4.39 Å². The zero-order valence-electron chi connectivity index (χ0n) is 9.98. The lowest BCUT2D eigenvalue weighted by Crippen LogP contribution is -1.92. The van der Waals surface area contributed by atoms with Crippen LogP contribution >= 0.6 is 0 Å². The summed E-state index contributed by atoms with van der Waals surface area (Å²) >= 11 is 0. The van der Waals surface area contributed by atoms with Crippen LogP contribution in [0.2, 0.25) is 0 Å². The van der Waals surface area contributed by atoms with Gasteiger partial charge in [0.2, 0.25) is 0 Å². The van der Waals surface area contributed by atoms with Gasteiger partial charge in [0, 0.05) is 5.56 Å². The van der Waals surface area contributed by atoms with Crippen molar-refractivity contribution in [1.29, 1.82) is 5.26 Å². The molecule has 3 heteroatoms. The van der Waals surface area contributed by atoms with E-state index in [9.17, 15) is 4.39 Å². The Bertz CT molecular complexity index is 584. The third-order valence-corrected chi connectivity index (χ3v) is 2.53. The number of ether oxygens (including phenoxy) is 1. The molecule has 0 N–H and O–H groups in total. The minimum atomic E-state index is -0.302. The maximum atomic E-state index is 12.8. The molecule has 0 aliphatic carbocycles. The molecule has 0 spiro atoms.